The van der Waals surface area contributed by atoms with E-state index in [0.29, 0.717) is 23.7 Å². The lowest BCUT2D eigenvalue weighted by Gasteiger charge is -2.26. The summed E-state index contributed by atoms with van der Waals surface area (Å²) in [5.41, 5.74) is 3.31. The van der Waals surface area contributed by atoms with Gasteiger partial charge in [-0.05, 0) is 42.0 Å². The van der Waals surface area contributed by atoms with Crippen LogP contribution < -0.4 is 4.74 Å². The summed E-state index contributed by atoms with van der Waals surface area (Å²) in [7, 11) is 1.60. The number of carbonyl (C=O) groups is 1. The van der Waals surface area contributed by atoms with Crippen molar-refractivity contribution < 1.29 is 14.6 Å². The molecule has 2 heterocycles. The van der Waals surface area contributed by atoms with Crippen LogP contribution in [-0.4, -0.2) is 36.1 Å². The summed E-state index contributed by atoms with van der Waals surface area (Å²) >= 11 is 1.44. The zero-order valence-corrected chi connectivity index (χ0v) is 14.0. The fraction of sp³-hybridized carbons (Fsp3) is 0.278. The van der Waals surface area contributed by atoms with Crippen LogP contribution in [0.2, 0.25) is 0 Å². The Kier molecular flexibility index (Phi) is 4.39. The number of aromatic hydroxyl groups is 1. The molecule has 1 amide bonds. The third kappa shape index (κ3) is 3.10. The lowest BCUT2D eigenvalue weighted by Crippen LogP contribution is -2.34. The van der Waals surface area contributed by atoms with Crippen molar-refractivity contribution in [1.82, 2.24) is 4.90 Å². The minimum absolute atomic E-state index is 0.0287. The molecule has 120 valence electrons. The summed E-state index contributed by atoms with van der Waals surface area (Å²) in [5, 5.41) is 11.3. The van der Waals surface area contributed by atoms with Crippen LogP contribution in [0.3, 0.4) is 0 Å². The predicted octanol–water partition coefficient (Wildman–Crippen LogP) is 3.70. The Morgan fingerprint density at radius 2 is 2.04 bits per heavy atom. The van der Waals surface area contributed by atoms with E-state index in [2.05, 4.69) is 6.08 Å². The van der Waals surface area contributed by atoms with Gasteiger partial charge < -0.3 is 14.7 Å². The van der Waals surface area contributed by atoms with Crippen LogP contribution in [0.4, 0.5) is 0 Å². The molecule has 1 aromatic heterocycles. The normalized spacial score (nSPS) is 14.5. The molecule has 0 saturated heterocycles. The number of ether oxygens (including phenoxy) is 1. The van der Waals surface area contributed by atoms with Crippen molar-refractivity contribution in [2.45, 2.75) is 13.3 Å². The molecule has 2 aromatic rings. The van der Waals surface area contributed by atoms with Crippen LogP contribution in [-0.2, 0) is 0 Å². The van der Waals surface area contributed by atoms with E-state index in [1.54, 1.807) is 19.2 Å². The van der Waals surface area contributed by atoms with Gasteiger partial charge >= 0.3 is 0 Å². The number of carbonyl (C=O) groups excluding carboxylic acids is 1. The van der Waals surface area contributed by atoms with Gasteiger partial charge in [-0.3, -0.25) is 4.79 Å². The van der Waals surface area contributed by atoms with E-state index < -0.39 is 0 Å². The van der Waals surface area contributed by atoms with Gasteiger partial charge in [0.2, 0.25) is 0 Å². The van der Waals surface area contributed by atoms with Gasteiger partial charge in [0, 0.05) is 18.7 Å². The second kappa shape index (κ2) is 6.46. The van der Waals surface area contributed by atoms with Crippen LogP contribution in [0.25, 0.3) is 5.57 Å². The monoisotopic (exact) mass is 329 g/mol. The van der Waals surface area contributed by atoms with E-state index in [9.17, 15) is 9.90 Å². The standard InChI is InChI=1S/C18H19NO3S/c1-12-11-23-17(16(12)22-2)18(21)19-9-7-14(8-10-19)13-3-5-15(20)6-4-13/h3-7,11,20H,8-10H2,1-2H3. The summed E-state index contributed by atoms with van der Waals surface area (Å²) in [5.74, 6) is 0.983. The van der Waals surface area contributed by atoms with E-state index in [-0.39, 0.29) is 11.7 Å². The second-order valence-electron chi connectivity index (χ2n) is 5.56. The molecule has 23 heavy (non-hydrogen) atoms. The van der Waals surface area contributed by atoms with Crippen molar-refractivity contribution in [3.63, 3.8) is 0 Å². The molecule has 0 saturated carbocycles. The maximum atomic E-state index is 12.7. The van der Waals surface area contributed by atoms with Crippen molar-refractivity contribution >= 4 is 22.8 Å². The molecule has 0 bridgehead atoms. The van der Waals surface area contributed by atoms with Crippen molar-refractivity contribution in [1.29, 1.82) is 0 Å². The number of thiophene rings is 1. The predicted molar refractivity (Wildman–Crippen MR) is 92.2 cm³/mol. The molecule has 0 radical (unpaired) electrons. The van der Waals surface area contributed by atoms with E-state index in [4.69, 9.17) is 4.74 Å². The quantitative estimate of drug-likeness (QED) is 0.934. The van der Waals surface area contributed by atoms with Crippen molar-refractivity contribution in [3.8, 4) is 11.5 Å². The zero-order chi connectivity index (χ0) is 16.4. The van der Waals surface area contributed by atoms with E-state index >= 15 is 0 Å². The Hall–Kier alpha value is -2.27. The highest BCUT2D eigenvalue weighted by molar-refractivity contribution is 7.12. The Morgan fingerprint density at radius 3 is 2.65 bits per heavy atom. The molecule has 0 aliphatic carbocycles. The van der Waals surface area contributed by atoms with Gasteiger partial charge in [0.05, 0.1) is 7.11 Å². The lowest BCUT2D eigenvalue weighted by atomic mass is 9.99. The Morgan fingerprint density at radius 1 is 1.30 bits per heavy atom. The van der Waals surface area contributed by atoms with Crippen LogP contribution in [0.5, 0.6) is 11.5 Å². The van der Waals surface area contributed by atoms with Gasteiger partial charge in [0.25, 0.3) is 5.91 Å². The minimum Gasteiger partial charge on any atom is -0.508 e. The van der Waals surface area contributed by atoms with Crippen LogP contribution >= 0.6 is 11.3 Å². The Bertz CT molecular complexity index is 746. The smallest absolute Gasteiger partial charge is 0.268 e. The van der Waals surface area contributed by atoms with Gasteiger partial charge in [0.15, 0.2) is 0 Å². The van der Waals surface area contributed by atoms with Crippen molar-refractivity contribution in [2.24, 2.45) is 0 Å². The SMILES string of the molecule is COc1c(C)csc1C(=O)N1CC=C(c2ccc(O)cc2)CC1. The molecule has 1 N–H and O–H groups in total. The number of methoxy groups -OCH3 is 1. The second-order valence-corrected chi connectivity index (χ2v) is 6.44. The number of rotatable bonds is 3. The molecule has 0 spiro atoms. The molecule has 0 fully saturated rings. The Balaban J connectivity index is 1.75. The summed E-state index contributed by atoms with van der Waals surface area (Å²) in [6.07, 6.45) is 2.89. The average Bonchev–Trinajstić information content (AvgIpc) is 2.96. The lowest BCUT2D eigenvalue weighted by molar-refractivity contribution is 0.0774. The third-order valence-corrected chi connectivity index (χ3v) is 5.12. The van der Waals surface area contributed by atoms with Crippen molar-refractivity contribution in [2.75, 3.05) is 20.2 Å². The number of aryl methyl sites for hydroxylation is 1. The molecule has 1 aliphatic heterocycles. The fourth-order valence-electron chi connectivity index (χ4n) is 2.77. The van der Waals surface area contributed by atoms with Crippen LogP contribution in [0, 0.1) is 6.92 Å². The van der Waals surface area contributed by atoms with Gasteiger partial charge in [-0.2, -0.15) is 0 Å². The number of hydrogen-bond donors (Lipinski definition) is 1. The molecule has 5 heteroatoms. The van der Waals surface area contributed by atoms with Crippen LogP contribution in [0.15, 0.2) is 35.7 Å². The highest BCUT2D eigenvalue weighted by Crippen LogP contribution is 2.32. The highest BCUT2D eigenvalue weighted by Gasteiger charge is 2.24. The molecular weight excluding hydrogens is 310 g/mol. The number of phenolic OH excluding ortho intramolecular Hbond substituents is 1. The molecule has 1 aliphatic rings. The largest absolute Gasteiger partial charge is 0.508 e. The molecule has 1 aromatic carbocycles. The van der Waals surface area contributed by atoms with Gasteiger partial charge in [0.1, 0.15) is 16.4 Å². The zero-order valence-electron chi connectivity index (χ0n) is 13.2. The maximum Gasteiger partial charge on any atom is 0.268 e. The number of amides is 1. The average molecular weight is 329 g/mol. The number of hydrogen-bond acceptors (Lipinski definition) is 4. The summed E-state index contributed by atoms with van der Waals surface area (Å²) in [6, 6.07) is 7.19. The molecule has 0 atom stereocenters. The summed E-state index contributed by atoms with van der Waals surface area (Å²) < 4.78 is 5.35. The first-order valence-corrected chi connectivity index (χ1v) is 8.38. The first-order valence-electron chi connectivity index (χ1n) is 7.50. The number of benzene rings is 1. The van der Waals surface area contributed by atoms with Gasteiger partial charge in [-0.1, -0.05) is 18.2 Å². The first-order chi connectivity index (χ1) is 11.1. The number of phenols is 1. The Labute approximate surface area is 139 Å². The summed E-state index contributed by atoms with van der Waals surface area (Å²) in [4.78, 5) is 15.2. The van der Waals surface area contributed by atoms with Crippen molar-refractivity contribution in [3.05, 3.63) is 51.7 Å². The third-order valence-electron chi connectivity index (χ3n) is 4.05. The first kappa shape index (κ1) is 15.6. The van der Waals surface area contributed by atoms with Crippen LogP contribution in [0.1, 0.15) is 27.2 Å². The highest BCUT2D eigenvalue weighted by atomic mass is 32.1. The minimum atomic E-state index is 0.0287. The topological polar surface area (TPSA) is 49.8 Å². The fourth-order valence-corrected chi connectivity index (χ4v) is 3.75. The molecule has 3 rings (SSSR count). The summed E-state index contributed by atoms with van der Waals surface area (Å²) in [6.45, 7) is 3.23. The van der Waals surface area contributed by atoms with E-state index in [1.807, 2.05) is 29.3 Å². The van der Waals surface area contributed by atoms with E-state index in [0.717, 1.165) is 17.5 Å². The molecule has 0 unspecified atom stereocenters. The molecule has 4 nitrogen and oxygen atoms in total. The number of nitrogens with zero attached hydrogens (tertiary/aromatic N) is 1. The molecular formula is C18H19NO3S. The maximum absolute atomic E-state index is 12.7. The van der Waals surface area contributed by atoms with E-state index in [1.165, 1.54) is 16.9 Å². The van der Waals surface area contributed by atoms with Gasteiger partial charge in [-0.25, -0.2) is 0 Å². The van der Waals surface area contributed by atoms with Gasteiger partial charge in [-0.15, -0.1) is 11.3 Å².